The first kappa shape index (κ1) is 16.4. The van der Waals surface area contributed by atoms with Crippen molar-refractivity contribution >= 4 is 11.6 Å². The van der Waals surface area contributed by atoms with Gasteiger partial charge in [-0.15, -0.1) is 0 Å². The molecule has 0 unspecified atom stereocenters. The van der Waals surface area contributed by atoms with E-state index < -0.39 is 0 Å². The molecule has 0 aliphatic carbocycles. The number of nitrogens with one attached hydrogen (secondary N) is 1. The average Bonchev–Trinajstić information content (AvgIpc) is 2.79. The minimum Gasteiger partial charge on any atom is -0.313 e. The van der Waals surface area contributed by atoms with Crippen LogP contribution in [0.5, 0.6) is 0 Å². The molecule has 2 heterocycles. The van der Waals surface area contributed by atoms with E-state index in [4.69, 9.17) is 16.7 Å². The van der Waals surface area contributed by atoms with Crippen LogP contribution in [0.4, 0.5) is 0 Å². The van der Waals surface area contributed by atoms with Gasteiger partial charge in [0.05, 0.1) is 12.2 Å². The third-order valence-corrected chi connectivity index (χ3v) is 5.02. The molecule has 2 aromatic carbocycles. The van der Waals surface area contributed by atoms with Crippen LogP contribution in [0, 0.1) is 6.92 Å². The maximum atomic E-state index is 6.06. The van der Waals surface area contributed by atoms with Crippen LogP contribution in [0.2, 0.25) is 5.02 Å². The van der Waals surface area contributed by atoms with Crippen LogP contribution in [0.25, 0.3) is 11.3 Å². The van der Waals surface area contributed by atoms with Crippen molar-refractivity contribution in [3.05, 3.63) is 75.9 Å². The molecule has 1 N–H and O–H groups in total. The van der Waals surface area contributed by atoms with Crippen LogP contribution in [-0.4, -0.2) is 16.3 Å². The van der Waals surface area contributed by atoms with Crippen LogP contribution in [0.15, 0.2) is 48.5 Å². The molecule has 0 saturated carbocycles. The minimum atomic E-state index is 0.757. The first-order chi connectivity index (χ1) is 12.2. The Labute approximate surface area is 153 Å². The fourth-order valence-electron chi connectivity index (χ4n) is 3.55. The Balaban J connectivity index is 1.77. The van der Waals surface area contributed by atoms with E-state index in [9.17, 15) is 0 Å². The second kappa shape index (κ2) is 7.03. The van der Waals surface area contributed by atoms with Crippen molar-refractivity contribution < 1.29 is 0 Å². The van der Waals surface area contributed by atoms with E-state index >= 15 is 0 Å². The molecule has 128 valence electrons. The predicted molar refractivity (Wildman–Crippen MR) is 103 cm³/mol. The molecule has 3 nitrogen and oxygen atoms in total. The lowest BCUT2D eigenvalue weighted by molar-refractivity contribution is 0.626. The molecule has 1 aliphatic heterocycles. The van der Waals surface area contributed by atoms with Gasteiger partial charge in [-0.25, -0.2) is 0 Å². The predicted octanol–water partition coefficient (Wildman–Crippen LogP) is 4.60. The molecule has 0 radical (unpaired) electrons. The second-order valence-corrected chi connectivity index (χ2v) is 7.14. The van der Waals surface area contributed by atoms with Crippen molar-refractivity contribution in [3.63, 3.8) is 0 Å². The zero-order chi connectivity index (χ0) is 17.2. The standard InChI is InChI=1S/C21H22ClN3/c1-15-4-2-5-16(12-15)14-25-20-6-3-11-23-13-19(20)21(24-25)17-7-9-18(22)10-8-17/h2,4-5,7-10,12,23H,3,6,11,13-14H2,1H3. The summed E-state index contributed by atoms with van der Waals surface area (Å²) in [4.78, 5) is 0. The highest BCUT2D eigenvalue weighted by molar-refractivity contribution is 6.30. The number of benzene rings is 2. The van der Waals surface area contributed by atoms with Crippen LogP contribution < -0.4 is 5.32 Å². The Kier molecular flexibility index (Phi) is 4.60. The topological polar surface area (TPSA) is 29.9 Å². The van der Waals surface area contributed by atoms with Crippen molar-refractivity contribution in [1.82, 2.24) is 15.1 Å². The molecule has 0 bridgehead atoms. The molecule has 0 amide bonds. The number of rotatable bonds is 3. The summed E-state index contributed by atoms with van der Waals surface area (Å²) in [6.07, 6.45) is 2.21. The van der Waals surface area contributed by atoms with Crippen molar-refractivity contribution in [2.45, 2.75) is 32.9 Å². The molecule has 0 saturated heterocycles. The lowest BCUT2D eigenvalue weighted by Crippen LogP contribution is -2.12. The summed E-state index contributed by atoms with van der Waals surface area (Å²) in [6, 6.07) is 16.7. The van der Waals surface area contributed by atoms with E-state index in [2.05, 4.69) is 53.3 Å². The summed E-state index contributed by atoms with van der Waals surface area (Å²) in [7, 11) is 0. The fourth-order valence-corrected chi connectivity index (χ4v) is 3.67. The van der Waals surface area contributed by atoms with Gasteiger partial charge >= 0.3 is 0 Å². The average molecular weight is 352 g/mol. The highest BCUT2D eigenvalue weighted by Crippen LogP contribution is 2.29. The van der Waals surface area contributed by atoms with Crippen LogP contribution >= 0.6 is 11.6 Å². The van der Waals surface area contributed by atoms with E-state index in [1.165, 1.54) is 22.4 Å². The maximum Gasteiger partial charge on any atom is 0.0971 e. The van der Waals surface area contributed by atoms with Crippen molar-refractivity contribution in [2.75, 3.05) is 6.54 Å². The van der Waals surface area contributed by atoms with Crippen molar-refractivity contribution in [2.24, 2.45) is 0 Å². The van der Waals surface area contributed by atoms with E-state index in [1.54, 1.807) is 0 Å². The Morgan fingerprint density at radius 1 is 1.16 bits per heavy atom. The Morgan fingerprint density at radius 2 is 2.00 bits per heavy atom. The van der Waals surface area contributed by atoms with Gasteiger partial charge in [0.2, 0.25) is 0 Å². The largest absolute Gasteiger partial charge is 0.313 e. The number of hydrogen-bond acceptors (Lipinski definition) is 2. The number of nitrogens with zero attached hydrogens (tertiary/aromatic N) is 2. The second-order valence-electron chi connectivity index (χ2n) is 6.71. The van der Waals surface area contributed by atoms with Gasteiger partial charge in [0, 0.05) is 28.4 Å². The number of halogens is 1. The molecule has 4 rings (SSSR count). The lowest BCUT2D eigenvalue weighted by atomic mass is 10.0. The lowest BCUT2D eigenvalue weighted by Gasteiger charge is -2.08. The summed E-state index contributed by atoms with van der Waals surface area (Å²) in [5, 5.41) is 9.28. The van der Waals surface area contributed by atoms with Gasteiger partial charge < -0.3 is 5.32 Å². The van der Waals surface area contributed by atoms with Gasteiger partial charge in [-0.05, 0) is 44.0 Å². The SMILES string of the molecule is Cc1cccc(Cn2nc(-c3ccc(Cl)cc3)c3c2CCCNC3)c1. The number of aromatic nitrogens is 2. The summed E-state index contributed by atoms with van der Waals surface area (Å²) in [6.45, 7) is 4.88. The number of hydrogen-bond donors (Lipinski definition) is 1. The molecule has 3 aromatic rings. The third kappa shape index (κ3) is 3.48. The molecule has 4 heteroatoms. The maximum absolute atomic E-state index is 6.06. The van der Waals surface area contributed by atoms with Crippen molar-refractivity contribution in [3.8, 4) is 11.3 Å². The van der Waals surface area contributed by atoms with E-state index in [1.807, 2.05) is 12.1 Å². The molecule has 0 fully saturated rings. The van der Waals surface area contributed by atoms with Crippen LogP contribution in [0.3, 0.4) is 0 Å². The highest BCUT2D eigenvalue weighted by atomic mass is 35.5. The van der Waals surface area contributed by atoms with Gasteiger partial charge in [-0.1, -0.05) is 53.6 Å². The van der Waals surface area contributed by atoms with Gasteiger partial charge in [0.25, 0.3) is 0 Å². The van der Waals surface area contributed by atoms with Gasteiger partial charge in [0.15, 0.2) is 0 Å². The van der Waals surface area contributed by atoms with Crippen molar-refractivity contribution in [1.29, 1.82) is 0 Å². The summed E-state index contributed by atoms with van der Waals surface area (Å²) in [5.74, 6) is 0. The van der Waals surface area contributed by atoms with E-state index in [0.29, 0.717) is 0 Å². The van der Waals surface area contributed by atoms with Gasteiger partial charge in [-0.2, -0.15) is 5.10 Å². The molecule has 25 heavy (non-hydrogen) atoms. The first-order valence-electron chi connectivity index (χ1n) is 8.81. The molecular formula is C21H22ClN3. The summed E-state index contributed by atoms with van der Waals surface area (Å²) in [5.41, 5.74) is 7.48. The zero-order valence-electron chi connectivity index (χ0n) is 14.4. The molecule has 1 aliphatic rings. The minimum absolute atomic E-state index is 0.757. The van der Waals surface area contributed by atoms with E-state index in [-0.39, 0.29) is 0 Å². The monoisotopic (exact) mass is 351 g/mol. The Hall–Kier alpha value is -2.10. The summed E-state index contributed by atoms with van der Waals surface area (Å²) >= 11 is 6.06. The fraction of sp³-hybridized carbons (Fsp3) is 0.286. The van der Waals surface area contributed by atoms with Gasteiger partial charge in [0.1, 0.15) is 0 Å². The molecule has 0 spiro atoms. The zero-order valence-corrected chi connectivity index (χ0v) is 15.2. The number of fused-ring (bicyclic) bond motifs is 1. The smallest absolute Gasteiger partial charge is 0.0971 e. The first-order valence-corrected chi connectivity index (χ1v) is 9.19. The molecule has 1 aromatic heterocycles. The normalized spacial score (nSPS) is 14.2. The molecule has 0 atom stereocenters. The third-order valence-electron chi connectivity index (χ3n) is 4.77. The van der Waals surface area contributed by atoms with Crippen LogP contribution in [0.1, 0.15) is 28.8 Å². The molecular weight excluding hydrogens is 330 g/mol. The van der Waals surface area contributed by atoms with Crippen LogP contribution in [-0.2, 0) is 19.5 Å². The van der Waals surface area contributed by atoms with Gasteiger partial charge in [-0.3, -0.25) is 4.68 Å². The summed E-state index contributed by atoms with van der Waals surface area (Å²) < 4.78 is 2.20. The van der Waals surface area contributed by atoms with E-state index in [0.717, 1.165) is 48.8 Å². The number of aryl methyl sites for hydroxylation is 1. The Morgan fingerprint density at radius 3 is 2.80 bits per heavy atom. The Bertz CT molecular complexity index is 881. The highest BCUT2D eigenvalue weighted by Gasteiger charge is 2.20. The quantitative estimate of drug-likeness (QED) is 0.747.